The lowest BCUT2D eigenvalue weighted by molar-refractivity contribution is -0.0264. The van der Waals surface area contributed by atoms with Gasteiger partial charge in [0.25, 0.3) is 0 Å². The van der Waals surface area contributed by atoms with E-state index < -0.39 is 0 Å². The molecule has 3 rings (SSSR count). The van der Waals surface area contributed by atoms with Crippen LogP contribution in [-0.4, -0.2) is 54.6 Å². The summed E-state index contributed by atoms with van der Waals surface area (Å²) in [7, 11) is 2.32. The highest BCUT2D eigenvalue weighted by atomic mass is 15.3. The van der Waals surface area contributed by atoms with Crippen molar-refractivity contribution in [1.29, 1.82) is 0 Å². The molecule has 110 valence electrons. The quantitative estimate of drug-likeness (QED) is 0.828. The summed E-state index contributed by atoms with van der Waals surface area (Å²) in [6.07, 6.45) is 8.26. The zero-order chi connectivity index (χ0) is 13.5. The molecule has 3 heteroatoms. The molecule has 0 amide bonds. The minimum absolute atomic E-state index is 0.334. The maximum Gasteiger partial charge on any atom is 0.0357 e. The molecule has 19 heavy (non-hydrogen) atoms. The Morgan fingerprint density at radius 2 is 2.00 bits per heavy atom. The molecule has 0 radical (unpaired) electrons. The van der Waals surface area contributed by atoms with Gasteiger partial charge in [-0.1, -0.05) is 13.3 Å². The van der Waals surface area contributed by atoms with Crippen LogP contribution in [0.25, 0.3) is 0 Å². The van der Waals surface area contributed by atoms with E-state index in [1.54, 1.807) is 0 Å². The van der Waals surface area contributed by atoms with E-state index in [2.05, 4.69) is 23.8 Å². The van der Waals surface area contributed by atoms with Gasteiger partial charge in [-0.05, 0) is 57.5 Å². The molecule has 0 bridgehead atoms. The Hall–Kier alpha value is -0.120. The van der Waals surface area contributed by atoms with Gasteiger partial charge in [0.2, 0.25) is 0 Å². The third kappa shape index (κ3) is 2.24. The van der Waals surface area contributed by atoms with Crippen LogP contribution in [-0.2, 0) is 0 Å². The predicted molar refractivity (Wildman–Crippen MR) is 80.1 cm³/mol. The van der Waals surface area contributed by atoms with Crippen molar-refractivity contribution in [3.8, 4) is 0 Å². The normalized spacial score (nSPS) is 45.3. The summed E-state index contributed by atoms with van der Waals surface area (Å²) in [6, 6.07) is 0.844. The average molecular weight is 265 g/mol. The van der Waals surface area contributed by atoms with Gasteiger partial charge < -0.3 is 10.6 Å². The summed E-state index contributed by atoms with van der Waals surface area (Å²) < 4.78 is 0. The van der Waals surface area contributed by atoms with Crippen molar-refractivity contribution in [3.63, 3.8) is 0 Å². The zero-order valence-corrected chi connectivity index (χ0v) is 12.8. The van der Waals surface area contributed by atoms with Crippen LogP contribution < -0.4 is 5.73 Å². The summed E-state index contributed by atoms with van der Waals surface area (Å²) >= 11 is 0. The van der Waals surface area contributed by atoms with Crippen LogP contribution in [0.15, 0.2) is 0 Å². The van der Waals surface area contributed by atoms with Crippen molar-refractivity contribution in [2.24, 2.45) is 17.6 Å². The lowest BCUT2D eigenvalue weighted by Gasteiger charge is -2.52. The Morgan fingerprint density at radius 1 is 1.16 bits per heavy atom. The fourth-order valence-electron chi connectivity index (χ4n) is 5.19. The molecular weight excluding hydrogens is 234 g/mol. The number of piperidine rings is 2. The second kappa shape index (κ2) is 5.34. The third-order valence-electron chi connectivity index (χ3n) is 6.49. The van der Waals surface area contributed by atoms with Gasteiger partial charge in [0.05, 0.1) is 0 Å². The second-order valence-corrected chi connectivity index (χ2v) is 7.29. The van der Waals surface area contributed by atoms with Crippen LogP contribution in [0.4, 0.5) is 0 Å². The van der Waals surface area contributed by atoms with Crippen LogP contribution >= 0.6 is 0 Å². The monoisotopic (exact) mass is 265 g/mol. The van der Waals surface area contributed by atoms with Gasteiger partial charge in [-0.3, -0.25) is 4.90 Å². The molecule has 2 N–H and O–H groups in total. The van der Waals surface area contributed by atoms with E-state index in [0.717, 1.165) is 24.4 Å². The molecule has 1 saturated carbocycles. The van der Waals surface area contributed by atoms with Gasteiger partial charge in [-0.25, -0.2) is 0 Å². The fourth-order valence-corrected chi connectivity index (χ4v) is 5.19. The van der Waals surface area contributed by atoms with E-state index in [-0.39, 0.29) is 0 Å². The third-order valence-corrected chi connectivity index (χ3v) is 6.49. The van der Waals surface area contributed by atoms with Crippen LogP contribution in [0.2, 0.25) is 0 Å². The minimum atomic E-state index is 0.334. The Morgan fingerprint density at radius 3 is 2.68 bits per heavy atom. The number of rotatable bonds is 2. The molecule has 3 aliphatic rings. The van der Waals surface area contributed by atoms with Gasteiger partial charge in [-0.15, -0.1) is 0 Å². The molecule has 0 aromatic heterocycles. The van der Waals surface area contributed by atoms with Crippen LogP contribution in [0, 0.1) is 11.8 Å². The highest BCUT2D eigenvalue weighted by Gasteiger charge is 2.47. The number of likely N-dealkylation sites (tertiary alicyclic amines) is 2. The van der Waals surface area contributed by atoms with Gasteiger partial charge in [0.1, 0.15) is 0 Å². The summed E-state index contributed by atoms with van der Waals surface area (Å²) in [5, 5.41) is 0. The standard InChI is InChI=1S/C16H31N3/c1-13-5-3-8-16(13,12-17)19-10-7-15-14(11-19)6-4-9-18(15)2/h13-15H,3-12,17H2,1-2H3. The van der Waals surface area contributed by atoms with Crippen LogP contribution in [0.1, 0.15) is 45.4 Å². The first-order chi connectivity index (χ1) is 9.17. The maximum atomic E-state index is 6.23. The summed E-state index contributed by atoms with van der Waals surface area (Å²) in [5.74, 6) is 1.68. The first-order valence-corrected chi connectivity index (χ1v) is 8.33. The molecule has 2 saturated heterocycles. The Kier molecular flexibility index (Phi) is 3.89. The van der Waals surface area contributed by atoms with Crippen molar-refractivity contribution < 1.29 is 0 Å². The second-order valence-electron chi connectivity index (χ2n) is 7.29. The molecule has 4 atom stereocenters. The first-order valence-electron chi connectivity index (χ1n) is 8.33. The average Bonchev–Trinajstić information content (AvgIpc) is 2.81. The van der Waals surface area contributed by atoms with E-state index in [9.17, 15) is 0 Å². The number of hydrogen-bond donors (Lipinski definition) is 1. The summed E-state index contributed by atoms with van der Waals surface area (Å²) in [4.78, 5) is 5.41. The number of fused-ring (bicyclic) bond motifs is 1. The summed E-state index contributed by atoms with van der Waals surface area (Å²) in [6.45, 7) is 7.17. The maximum absolute atomic E-state index is 6.23. The van der Waals surface area contributed by atoms with Crippen molar-refractivity contribution in [2.45, 2.75) is 57.0 Å². The Balaban J connectivity index is 1.73. The zero-order valence-electron chi connectivity index (χ0n) is 12.8. The van der Waals surface area contributed by atoms with Gasteiger partial charge >= 0.3 is 0 Å². The lowest BCUT2D eigenvalue weighted by atomic mass is 9.79. The van der Waals surface area contributed by atoms with Crippen LogP contribution in [0.5, 0.6) is 0 Å². The number of hydrogen-bond acceptors (Lipinski definition) is 3. The van der Waals surface area contributed by atoms with E-state index in [1.807, 2.05) is 0 Å². The van der Waals surface area contributed by atoms with Crippen molar-refractivity contribution in [3.05, 3.63) is 0 Å². The topological polar surface area (TPSA) is 32.5 Å². The molecule has 0 aromatic carbocycles. The molecule has 4 unspecified atom stereocenters. The van der Waals surface area contributed by atoms with Gasteiger partial charge in [-0.2, -0.15) is 0 Å². The van der Waals surface area contributed by atoms with E-state index in [4.69, 9.17) is 5.73 Å². The van der Waals surface area contributed by atoms with E-state index in [0.29, 0.717) is 5.54 Å². The van der Waals surface area contributed by atoms with E-state index in [1.165, 1.54) is 58.2 Å². The largest absolute Gasteiger partial charge is 0.329 e. The van der Waals surface area contributed by atoms with Crippen molar-refractivity contribution in [2.75, 3.05) is 33.2 Å². The number of nitrogens with zero attached hydrogens (tertiary/aromatic N) is 2. The van der Waals surface area contributed by atoms with Crippen LogP contribution in [0.3, 0.4) is 0 Å². The molecule has 3 fully saturated rings. The lowest BCUT2D eigenvalue weighted by Crippen LogP contribution is -2.62. The smallest absolute Gasteiger partial charge is 0.0357 e. The fraction of sp³-hybridized carbons (Fsp3) is 1.00. The Bertz CT molecular complexity index is 319. The van der Waals surface area contributed by atoms with Crippen molar-refractivity contribution >= 4 is 0 Å². The first kappa shape index (κ1) is 13.8. The van der Waals surface area contributed by atoms with Crippen molar-refractivity contribution in [1.82, 2.24) is 9.80 Å². The molecule has 0 aromatic rings. The molecule has 2 heterocycles. The highest BCUT2D eigenvalue weighted by molar-refractivity contribution is 5.03. The summed E-state index contributed by atoms with van der Waals surface area (Å²) in [5.41, 5.74) is 6.57. The molecular formula is C16H31N3. The molecule has 0 spiro atoms. The SMILES string of the molecule is CC1CCCC1(CN)N1CCC2C(CCCN2C)C1. The Labute approximate surface area is 118 Å². The predicted octanol–water partition coefficient (Wildman–Crippen LogP) is 1.92. The highest BCUT2D eigenvalue weighted by Crippen LogP contribution is 2.42. The molecule has 3 nitrogen and oxygen atoms in total. The van der Waals surface area contributed by atoms with Gasteiger partial charge in [0, 0.05) is 31.2 Å². The molecule has 1 aliphatic carbocycles. The minimum Gasteiger partial charge on any atom is -0.329 e. The van der Waals surface area contributed by atoms with Gasteiger partial charge in [0.15, 0.2) is 0 Å². The number of nitrogens with two attached hydrogens (primary N) is 1. The molecule has 2 aliphatic heterocycles. The van der Waals surface area contributed by atoms with E-state index >= 15 is 0 Å².